The number of para-hydroxylation sites is 2. The number of aromatic nitrogens is 1. The van der Waals surface area contributed by atoms with Gasteiger partial charge >= 0.3 is 0 Å². The van der Waals surface area contributed by atoms with Crippen molar-refractivity contribution in [2.45, 2.75) is 18.9 Å². The summed E-state index contributed by atoms with van der Waals surface area (Å²) in [6.07, 6.45) is 1.71. The lowest BCUT2D eigenvalue weighted by molar-refractivity contribution is 0.0896. The molecule has 1 aliphatic heterocycles. The van der Waals surface area contributed by atoms with E-state index in [4.69, 9.17) is 13.9 Å². The summed E-state index contributed by atoms with van der Waals surface area (Å²) in [7, 11) is 1.55. The Morgan fingerprint density at radius 3 is 2.97 bits per heavy atom. The number of halogens is 1. The van der Waals surface area contributed by atoms with Gasteiger partial charge in [-0.2, -0.15) is 0 Å². The predicted octanol–water partition coefficient (Wildman–Crippen LogP) is 5.02. The first-order chi connectivity index (χ1) is 14.6. The Balaban J connectivity index is 1.56. The number of fused-ring (bicyclic) bond motifs is 2. The van der Waals surface area contributed by atoms with E-state index >= 15 is 0 Å². The molecule has 1 saturated heterocycles. The zero-order valence-corrected chi connectivity index (χ0v) is 17.1. The Bertz CT molecular complexity index is 1230. The molecule has 0 saturated carbocycles. The first-order valence-electron chi connectivity index (χ1n) is 9.69. The smallest absolute Gasteiger partial charge is 0.295 e. The van der Waals surface area contributed by atoms with Gasteiger partial charge in [0.2, 0.25) is 0 Å². The quantitative estimate of drug-likeness (QED) is 0.449. The molecular formula is C22H19FN2O4S. The van der Waals surface area contributed by atoms with Crippen LogP contribution in [0, 0.1) is 5.82 Å². The van der Waals surface area contributed by atoms with Crippen LogP contribution in [0.25, 0.3) is 21.2 Å². The van der Waals surface area contributed by atoms with E-state index in [1.165, 1.54) is 22.3 Å². The number of carbonyl (C=O) groups excluding carboxylic acids is 1. The molecule has 1 aliphatic rings. The van der Waals surface area contributed by atoms with E-state index < -0.39 is 5.82 Å². The molecule has 1 amide bonds. The molecule has 0 spiro atoms. The number of ether oxygens (including phenoxy) is 2. The minimum atomic E-state index is -0.409. The lowest BCUT2D eigenvalue weighted by Gasteiger charge is -2.22. The van der Waals surface area contributed by atoms with Crippen molar-refractivity contribution in [1.29, 1.82) is 0 Å². The van der Waals surface area contributed by atoms with Gasteiger partial charge in [0, 0.05) is 12.0 Å². The van der Waals surface area contributed by atoms with Gasteiger partial charge in [0.05, 0.1) is 24.5 Å². The number of amides is 1. The molecule has 4 aromatic rings. The number of anilines is 1. The van der Waals surface area contributed by atoms with Crippen molar-refractivity contribution in [2.75, 3.05) is 25.2 Å². The van der Waals surface area contributed by atoms with Gasteiger partial charge in [-0.1, -0.05) is 29.5 Å². The number of methoxy groups -OCH3 is 1. The van der Waals surface area contributed by atoms with E-state index in [0.717, 1.165) is 18.2 Å². The number of carbonyl (C=O) groups is 1. The van der Waals surface area contributed by atoms with E-state index in [9.17, 15) is 9.18 Å². The monoisotopic (exact) mass is 426 g/mol. The molecule has 1 atom stereocenters. The van der Waals surface area contributed by atoms with Crippen LogP contribution in [-0.4, -0.2) is 37.3 Å². The fourth-order valence-electron chi connectivity index (χ4n) is 3.69. The van der Waals surface area contributed by atoms with E-state index in [2.05, 4.69) is 4.98 Å². The summed E-state index contributed by atoms with van der Waals surface area (Å²) in [6, 6.07) is 12.0. The number of furan rings is 1. The number of rotatable bonds is 5. The van der Waals surface area contributed by atoms with Crippen molar-refractivity contribution in [2.24, 2.45) is 0 Å². The van der Waals surface area contributed by atoms with Crippen LogP contribution in [0.4, 0.5) is 9.52 Å². The molecule has 154 valence electrons. The third-order valence-electron chi connectivity index (χ3n) is 5.18. The van der Waals surface area contributed by atoms with Crippen molar-refractivity contribution >= 4 is 43.6 Å². The Morgan fingerprint density at radius 1 is 1.33 bits per heavy atom. The maximum atomic E-state index is 14.2. The van der Waals surface area contributed by atoms with Gasteiger partial charge in [-0.25, -0.2) is 9.37 Å². The lowest BCUT2D eigenvalue weighted by Crippen LogP contribution is -2.37. The van der Waals surface area contributed by atoms with E-state index in [0.29, 0.717) is 34.3 Å². The average Bonchev–Trinajstić information content (AvgIpc) is 3.50. The highest BCUT2D eigenvalue weighted by atomic mass is 32.1. The highest BCUT2D eigenvalue weighted by Gasteiger charge is 2.29. The van der Waals surface area contributed by atoms with Crippen LogP contribution >= 0.6 is 11.3 Å². The van der Waals surface area contributed by atoms with Crippen LogP contribution < -0.4 is 9.64 Å². The number of hydrogen-bond acceptors (Lipinski definition) is 6. The molecule has 0 N–H and O–H groups in total. The zero-order valence-electron chi connectivity index (χ0n) is 16.3. The summed E-state index contributed by atoms with van der Waals surface area (Å²) in [6.45, 7) is 0.997. The van der Waals surface area contributed by atoms with Gasteiger partial charge in [-0.3, -0.25) is 9.69 Å². The highest BCUT2D eigenvalue weighted by Crippen LogP contribution is 2.34. The zero-order chi connectivity index (χ0) is 20.7. The molecule has 8 heteroatoms. The van der Waals surface area contributed by atoms with Gasteiger partial charge < -0.3 is 13.9 Å². The highest BCUT2D eigenvalue weighted by molar-refractivity contribution is 7.22. The number of thiazole rings is 1. The number of nitrogens with zero attached hydrogens (tertiary/aromatic N) is 2. The third-order valence-corrected chi connectivity index (χ3v) is 6.23. The second-order valence-electron chi connectivity index (χ2n) is 7.12. The molecular weight excluding hydrogens is 407 g/mol. The number of hydrogen-bond donors (Lipinski definition) is 0. The summed E-state index contributed by atoms with van der Waals surface area (Å²) in [4.78, 5) is 19.4. The fourth-order valence-corrected chi connectivity index (χ4v) is 4.68. The molecule has 2 aromatic carbocycles. The van der Waals surface area contributed by atoms with E-state index in [-0.39, 0.29) is 23.3 Å². The Morgan fingerprint density at radius 2 is 2.20 bits per heavy atom. The van der Waals surface area contributed by atoms with Crippen LogP contribution in [0.15, 0.2) is 46.9 Å². The molecule has 30 heavy (non-hydrogen) atoms. The first kappa shape index (κ1) is 19.0. The largest absolute Gasteiger partial charge is 0.493 e. The minimum absolute atomic E-state index is 0.0928. The number of benzene rings is 2. The summed E-state index contributed by atoms with van der Waals surface area (Å²) in [5.74, 6) is -0.0253. The second-order valence-corrected chi connectivity index (χ2v) is 8.13. The first-order valence-corrected chi connectivity index (χ1v) is 10.5. The molecule has 0 aliphatic carbocycles. The van der Waals surface area contributed by atoms with Crippen molar-refractivity contribution in [1.82, 2.24) is 4.98 Å². The maximum Gasteiger partial charge on any atom is 0.295 e. The van der Waals surface area contributed by atoms with Crippen LogP contribution in [0.3, 0.4) is 0 Å². The van der Waals surface area contributed by atoms with Crippen LogP contribution in [0.5, 0.6) is 5.75 Å². The minimum Gasteiger partial charge on any atom is -0.493 e. The van der Waals surface area contributed by atoms with Gasteiger partial charge in [-0.05, 0) is 37.1 Å². The molecule has 3 heterocycles. The SMILES string of the molecule is COc1cccc2cc(C(=O)N(CC3CCCO3)c3nc4c(F)cccc4s3)oc12. The second kappa shape index (κ2) is 7.70. The van der Waals surface area contributed by atoms with Crippen LogP contribution in [-0.2, 0) is 4.74 Å². The van der Waals surface area contributed by atoms with Crippen LogP contribution in [0.2, 0.25) is 0 Å². The Labute approximate surface area is 175 Å². The molecule has 5 rings (SSSR count). The summed E-state index contributed by atoms with van der Waals surface area (Å²) in [5.41, 5.74) is 0.768. The average molecular weight is 426 g/mol. The molecule has 2 aromatic heterocycles. The van der Waals surface area contributed by atoms with Gasteiger partial charge in [0.25, 0.3) is 5.91 Å². The summed E-state index contributed by atoms with van der Waals surface area (Å²) < 4.78 is 31.8. The topological polar surface area (TPSA) is 64.8 Å². The third kappa shape index (κ3) is 3.32. The van der Waals surface area contributed by atoms with Crippen LogP contribution in [0.1, 0.15) is 23.4 Å². The molecule has 0 bridgehead atoms. The summed E-state index contributed by atoms with van der Waals surface area (Å²) in [5, 5.41) is 1.19. The Kier molecular flexibility index (Phi) is 4.88. The van der Waals surface area contributed by atoms with Gasteiger partial charge in [-0.15, -0.1) is 0 Å². The standard InChI is InChI=1S/C22H19FN2O4S/c1-27-16-8-2-5-13-11-17(29-20(13)16)21(26)25(12-14-6-4-10-28-14)22-24-19-15(23)7-3-9-18(19)30-22/h2-3,5,7-9,11,14H,4,6,10,12H2,1H3. The van der Waals surface area contributed by atoms with Gasteiger partial charge in [0.15, 0.2) is 22.2 Å². The van der Waals surface area contributed by atoms with Crippen molar-refractivity contribution < 1.29 is 23.1 Å². The normalized spacial score (nSPS) is 16.4. The molecule has 1 unspecified atom stereocenters. The fraction of sp³-hybridized carbons (Fsp3) is 0.273. The maximum absolute atomic E-state index is 14.2. The van der Waals surface area contributed by atoms with E-state index in [1.807, 2.05) is 12.1 Å². The lowest BCUT2D eigenvalue weighted by atomic mass is 10.2. The molecule has 6 nitrogen and oxygen atoms in total. The van der Waals surface area contributed by atoms with Gasteiger partial charge in [0.1, 0.15) is 11.3 Å². The Hall–Kier alpha value is -2.97. The summed E-state index contributed by atoms with van der Waals surface area (Å²) >= 11 is 1.27. The van der Waals surface area contributed by atoms with Crippen molar-refractivity contribution in [3.8, 4) is 5.75 Å². The van der Waals surface area contributed by atoms with Crippen molar-refractivity contribution in [3.63, 3.8) is 0 Å². The molecule has 1 fully saturated rings. The molecule has 0 radical (unpaired) electrons. The van der Waals surface area contributed by atoms with Crippen molar-refractivity contribution in [3.05, 3.63) is 54.0 Å². The predicted molar refractivity (Wildman–Crippen MR) is 113 cm³/mol. The van der Waals surface area contributed by atoms with E-state index in [1.54, 1.807) is 31.4 Å².